The van der Waals surface area contributed by atoms with E-state index in [0.717, 1.165) is 88.6 Å². The van der Waals surface area contributed by atoms with Crippen molar-refractivity contribution in [1.29, 1.82) is 0 Å². The Hall–Kier alpha value is -7.88. The van der Waals surface area contributed by atoms with Gasteiger partial charge in [0.1, 0.15) is 22.3 Å². The molecule has 0 fully saturated rings. The number of hydrogen-bond donors (Lipinski definition) is 0. The fourth-order valence-corrected chi connectivity index (χ4v) is 9.00. The van der Waals surface area contributed by atoms with E-state index < -0.39 is 0 Å². The van der Waals surface area contributed by atoms with Gasteiger partial charge in [0, 0.05) is 44.0 Å². The Morgan fingerprint density at radius 3 is 1.49 bits per heavy atom. The van der Waals surface area contributed by atoms with Gasteiger partial charge in [-0.15, -0.1) is 0 Å². The van der Waals surface area contributed by atoms with Gasteiger partial charge in [0.25, 0.3) is 0 Å². The van der Waals surface area contributed by atoms with Crippen LogP contribution in [0.2, 0.25) is 0 Å². The minimum absolute atomic E-state index is 0.882. The summed E-state index contributed by atoms with van der Waals surface area (Å²) in [5.74, 6) is 0. The number of furan rings is 2. The molecule has 10 aromatic carbocycles. The van der Waals surface area contributed by atoms with Gasteiger partial charge in [0.2, 0.25) is 0 Å². The molecule has 3 nitrogen and oxygen atoms in total. The molecule has 0 saturated carbocycles. The molecular weight excluding hydrogens is 719 g/mol. The number of rotatable bonds is 6. The average molecular weight is 754 g/mol. The van der Waals surface area contributed by atoms with Gasteiger partial charge in [0.05, 0.1) is 0 Å². The van der Waals surface area contributed by atoms with E-state index in [2.05, 4.69) is 205 Å². The number of anilines is 3. The first-order valence-electron chi connectivity index (χ1n) is 20.1. The standard InChI is InChI=1S/C56H35NO2/c1-2-13-41(14-3-1)57(42-27-21-36(22-28-42)39-25-31-48-47-17-8-9-20-53(47)58-54(48)33-39)43-29-23-37(24-30-43)40-26-32-49-52-35-51(45-19-10-12-38-11-4-5-15-44(38)45)46-16-6-7-18-50(46)56(52)59-55(49)34-40/h1-35H. The molecule has 2 aromatic heterocycles. The Bertz CT molecular complexity index is 3540. The largest absolute Gasteiger partial charge is 0.456 e. The van der Waals surface area contributed by atoms with Gasteiger partial charge in [-0.25, -0.2) is 0 Å². The lowest BCUT2D eigenvalue weighted by atomic mass is 9.92. The smallest absolute Gasteiger partial charge is 0.143 e. The van der Waals surface area contributed by atoms with Crippen molar-refractivity contribution in [3.05, 3.63) is 212 Å². The topological polar surface area (TPSA) is 29.5 Å². The SMILES string of the molecule is c1ccc(N(c2ccc(-c3ccc4c(c3)oc3ccccc34)cc2)c2ccc(-c3ccc4c(c3)oc3c5ccccc5c(-c5cccc6ccccc56)cc43)cc2)cc1. The van der Waals surface area contributed by atoms with Gasteiger partial charge in [-0.05, 0) is 122 Å². The molecule has 12 aromatic rings. The summed E-state index contributed by atoms with van der Waals surface area (Å²) < 4.78 is 12.9. The van der Waals surface area contributed by atoms with Gasteiger partial charge >= 0.3 is 0 Å². The maximum absolute atomic E-state index is 6.75. The van der Waals surface area contributed by atoms with Crippen molar-refractivity contribution in [2.24, 2.45) is 0 Å². The Labute approximate surface area is 340 Å². The van der Waals surface area contributed by atoms with E-state index in [1.807, 2.05) is 12.1 Å². The molecule has 3 heteroatoms. The third kappa shape index (κ3) is 5.51. The van der Waals surface area contributed by atoms with E-state index in [1.54, 1.807) is 0 Å². The van der Waals surface area contributed by atoms with Crippen LogP contribution in [-0.2, 0) is 0 Å². The van der Waals surface area contributed by atoms with E-state index in [4.69, 9.17) is 8.83 Å². The van der Waals surface area contributed by atoms with Gasteiger partial charge in [0.15, 0.2) is 0 Å². The van der Waals surface area contributed by atoms with Crippen LogP contribution in [0.1, 0.15) is 0 Å². The number of hydrogen-bond acceptors (Lipinski definition) is 3. The lowest BCUT2D eigenvalue weighted by molar-refractivity contribution is 0.669. The van der Waals surface area contributed by atoms with E-state index in [-0.39, 0.29) is 0 Å². The average Bonchev–Trinajstić information content (AvgIpc) is 3.87. The lowest BCUT2D eigenvalue weighted by Crippen LogP contribution is -2.09. The molecule has 276 valence electrons. The van der Waals surface area contributed by atoms with E-state index >= 15 is 0 Å². The highest BCUT2D eigenvalue weighted by Crippen LogP contribution is 2.43. The Kier molecular flexibility index (Phi) is 7.54. The molecule has 0 bridgehead atoms. The van der Waals surface area contributed by atoms with Crippen LogP contribution in [-0.4, -0.2) is 0 Å². The Morgan fingerprint density at radius 2 is 0.780 bits per heavy atom. The summed E-state index contributed by atoms with van der Waals surface area (Å²) in [6.45, 7) is 0. The van der Waals surface area contributed by atoms with Crippen molar-refractivity contribution in [2.45, 2.75) is 0 Å². The quantitative estimate of drug-likeness (QED) is 0.169. The van der Waals surface area contributed by atoms with Crippen LogP contribution in [0.4, 0.5) is 17.1 Å². The highest BCUT2D eigenvalue weighted by atomic mass is 16.3. The molecule has 0 amide bonds. The van der Waals surface area contributed by atoms with Crippen molar-refractivity contribution in [3.8, 4) is 33.4 Å². The van der Waals surface area contributed by atoms with Crippen LogP contribution in [0, 0.1) is 0 Å². The third-order valence-corrected chi connectivity index (χ3v) is 11.9. The predicted molar refractivity (Wildman–Crippen MR) is 247 cm³/mol. The molecule has 0 radical (unpaired) electrons. The first-order chi connectivity index (χ1) is 29.2. The summed E-state index contributed by atoms with van der Waals surface area (Å²) in [6, 6.07) is 75.6. The van der Waals surface area contributed by atoms with Crippen LogP contribution in [0.5, 0.6) is 0 Å². The van der Waals surface area contributed by atoms with E-state index in [0.29, 0.717) is 0 Å². The number of benzene rings is 10. The molecule has 0 aliphatic heterocycles. The maximum Gasteiger partial charge on any atom is 0.143 e. The number of fused-ring (bicyclic) bond motifs is 9. The lowest BCUT2D eigenvalue weighted by Gasteiger charge is -2.26. The number of nitrogens with zero attached hydrogens (tertiary/aromatic N) is 1. The second-order valence-corrected chi connectivity index (χ2v) is 15.3. The van der Waals surface area contributed by atoms with Crippen molar-refractivity contribution < 1.29 is 8.83 Å². The van der Waals surface area contributed by atoms with Crippen molar-refractivity contribution >= 4 is 82.5 Å². The molecule has 0 atom stereocenters. The first kappa shape index (κ1) is 33.3. The van der Waals surface area contributed by atoms with Gasteiger partial charge in [-0.3, -0.25) is 0 Å². The van der Waals surface area contributed by atoms with Crippen molar-refractivity contribution in [2.75, 3.05) is 4.90 Å². The van der Waals surface area contributed by atoms with Crippen LogP contribution in [0.15, 0.2) is 221 Å². The second-order valence-electron chi connectivity index (χ2n) is 15.3. The minimum Gasteiger partial charge on any atom is -0.456 e. The summed E-state index contributed by atoms with van der Waals surface area (Å²) in [5.41, 5.74) is 13.8. The zero-order valence-corrected chi connectivity index (χ0v) is 32.0. The summed E-state index contributed by atoms with van der Waals surface area (Å²) in [5, 5.41) is 9.32. The monoisotopic (exact) mass is 753 g/mol. The zero-order chi connectivity index (χ0) is 38.9. The van der Waals surface area contributed by atoms with Crippen molar-refractivity contribution in [3.63, 3.8) is 0 Å². The van der Waals surface area contributed by atoms with Gasteiger partial charge < -0.3 is 13.7 Å². The molecule has 0 unspecified atom stereocenters. The van der Waals surface area contributed by atoms with Crippen LogP contribution < -0.4 is 4.90 Å². The fraction of sp³-hybridized carbons (Fsp3) is 0. The zero-order valence-electron chi connectivity index (χ0n) is 32.0. The van der Waals surface area contributed by atoms with Gasteiger partial charge in [-0.1, -0.05) is 140 Å². The molecule has 0 N–H and O–H groups in total. The molecule has 0 aliphatic carbocycles. The van der Waals surface area contributed by atoms with Crippen LogP contribution in [0.3, 0.4) is 0 Å². The summed E-state index contributed by atoms with van der Waals surface area (Å²) in [4.78, 5) is 2.30. The molecule has 59 heavy (non-hydrogen) atoms. The highest BCUT2D eigenvalue weighted by Gasteiger charge is 2.18. The second kappa shape index (κ2) is 13.4. The molecule has 0 saturated heterocycles. The minimum atomic E-state index is 0.882. The highest BCUT2D eigenvalue weighted by molar-refractivity contribution is 6.20. The fourth-order valence-electron chi connectivity index (χ4n) is 9.00. The molecular formula is C56H35NO2. The molecule has 0 spiro atoms. The normalized spacial score (nSPS) is 11.7. The predicted octanol–water partition coefficient (Wildman–Crippen LogP) is 16.3. The Morgan fingerprint density at radius 1 is 0.271 bits per heavy atom. The molecule has 2 heterocycles. The Balaban J connectivity index is 0.897. The van der Waals surface area contributed by atoms with Crippen LogP contribution >= 0.6 is 0 Å². The maximum atomic E-state index is 6.75. The van der Waals surface area contributed by atoms with Gasteiger partial charge in [-0.2, -0.15) is 0 Å². The summed E-state index contributed by atoms with van der Waals surface area (Å²) in [7, 11) is 0. The third-order valence-electron chi connectivity index (χ3n) is 11.9. The molecule has 12 rings (SSSR count). The van der Waals surface area contributed by atoms with Crippen molar-refractivity contribution in [1.82, 2.24) is 0 Å². The van der Waals surface area contributed by atoms with E-state index in [9.17, 15) is 0 Å². The van der Waals surface area contributed by atoms with Crippen LogP contribution in [0.25, 0.3) is 98.8 Å². The first-order valence-corrected chi connectivity index (χ1v) is 20.1. The summed E-state index contributed by atoms with van der Waals surface area (Å²) >= 11 is 0. The summed E-state index contributed by atoms with van der Waals surface area (Å²) in [6.07, 6.45) is 0. The molecule has 0 aliphatic rings. The van der Waals surface area contributed by atoms with E-state index in [1.165, 1.54) is 27.3 Å². The number of para-hydroxylation sites is 2.